The first-order valence-electron chi connectivity index (χ1n) is 4.02. The molecule has 2 N–H and O–H groups in total. The first-order chi connectivity index (χ1) is 7.10. The molecule has 0 amide bonds. The highest BCUT2D eigenvalue weighted by Gasteiger charge is 2.15. The Kier molecular flexibility index (Phi) is 6.32. The predicted octanol–water partition coefficient (Wildman–Crippen LogP) is -1.44. The van der Waals surface area contributed by atoms with Crippen molar-refractivity contribution in [3.05, 3.63) is 0 Å². The van der Waals surface area contributed by atoms with Gasteiger partial charge in [0.25, 0.3) is 0 Å². The molecule has 0 radical (unpaired) electrons. The van der Waals surface area contributed by atoms with Crippen LogP contribution in [0.1, 0.15) is 0 Å². The van der Waals surface area contributed by atoms with E-state index in [-0.39, 0.29) is 0 Å². The molecule has 0 bridgehead atoms. The van der Waals surface area contributed by atoms with Crippen molar-refractivity contribution < 1.29 is 34.3 Å². The van der Waals surface area contributed by atoms with Gasteiger partial charge in [-0.2, -0.15) is 16.8 Å². The lowest BCUT2D eigenvalue weighted by Gasteiger charge is -2.21. The minimum atomic E-state index is -5.12. The summed E-state index contributed by atoms with van der Waals surface area (Å²) < 4.78 is 60.7. The summed E-state index contributed by atoms with van der Waals surface area (Å²) in [5.41, 5.74) is 0. The van der Waals surface area contributed by atoms with Crippen LogP contribution in [0.5, 0.6) is 0 Å². The molecule has 98 valence electrons. The fourth-order valence-corrected chi connectivity index (χ4v) is 1.63. The maximum atomic E-state index is 9.44. The van der Waals surface area contributed by atoms with Crippen LogP contribution in [0.25, 0.3) is 0 Å². The first-order valence-corrected chi connectivity index (χ1v) is 6.75. The molecule has 1 aliphatic rings. The van der Waals surface area contributed by atoms with E-state index in [0.717, 1.165) is 26.3 Å². The molecule has 0 saturated carbocycles. The van der Waals surface area contributed by atoms with Gasteiger partial charge in [0.05, 0.1) is 13.2 Å². The Balaban J connectivity index is 0.000000288. The maximum absolute atomic E-state index is 9.44. The summed E-state index contributed by atoms with van der Waals surface area (Å²) in [5.74, 6) is 0. The maximum Gasteiger partial charge on any atom is 0.413 e. The number of hydrogen-bond donors (Lipinski definition) is 2. The highest BCUT2D eigenvalue weighted by molar-refractivity contribution is 7.94. The lowest BCUT2D eigenvalue weighted by molar-refractivity contribution is 0.0503. The van der Waals surface area contributed by atoms with Crippen LogP contribution in [0.3, 0.4) is 0 Å². The largest absolute Gasteiger partial charge is 0.413 e. The highest BCUT2D eigenvalue weighted by atomic mass is 32.3. The Hall–Kier alpha value is -0.300. The van der Waals surface area contributed by atoms with Crippen LogP contribution in [0.2, 0.25) is 0 Å². The van der Waals surface area contributed by atoms with E-state index < -0.39 is 20.8 Å². The minimum absolute atomic E-state index is 0.913. The Morgan fingerprint density at radius 1 is 1.06 bits per heavy atom. The van der Waals surface area contributed by atoms with Crippen molar-refractivity contribution in [3.8, 4) is 0 Å². The van der Waals surface area contributed by atoms with Gasteiger partial charge in [-0.3, -0.25) is 9.11 Å². The van der Waals surface area contributed by atoms with Gasteiger partial charge in [-0.25, -0.2) is 0 Å². The number of likely N-dealkylation sites (N-methyl/N-ethyl adjacent to an activating group) is 1. The Bertz CT molecular complexity index is 351. The topological polar surface area (TPSA) is 130 Å². The van der Waals surface area contributed by atoms with Crippen molar-refractivity contribution in [2.24, 2.45) is 0 Å². The zero-order valence-corrected chi connectivity index (χ0v) is 10.1. The second kappa shape index (κ2) is 6.44. The molecule has 0 aromatic heterocycles. The molecule has 0 spiro atoms. The fraction of sp³-hybridized carbons (Fsp3) is 1.00. The second-order valence-electron chi connectivity index (χ2n) is 2.84. The Morgan fingerprint density at radius 2 is 1.44 bits per heavy atom. The summed E-state index contributed by atoms with van der Waals surface area (Å²) in [7, 11) is -8.13. The average Bonchev–Trinajstić information content (AvgIpc) is 1.99. The van der Waals surface area contributed by atoms with Gasteiger partial charge >= 0.3 is 20.8 Å². The van der Waals surface area contributed by atoms with E-state index in [1.54, 1.807) is 0 Å². The first kappa shape index (κ1) is 15.7. The Morgan fingerprint density at radius 3 is 1.56 bits per heavy atom. The molecular weight excluding hydrogens is 266 g/mol. The standard InChI is InChI=1S/C5H11NO.H2O7S2/c1-6-2-4-7-5-3-6;1-8(2,3)7-9(4,5)6/h2-5H2,1H3;(H,1,2,3)(H,4,5,6). The molecule has 1 fully saturated rings. The van der Waals surface area contributed by atoms with Crippen LogP contribution in [0.4, 0.5) is 0 Å². The van der Waals surface area contributed by atoms with Gasteiger partial charge < -0.3 is 9.64 Å². The molecule has 1 heterocycles. The smallest absolute Gasteiger partial charge is 0.379 e. The van der Waals surface area contributed by atoms with Crippen LogP contribution >= 0.6 is 0 Å². The fourth-order valence-electron chi connectivity index (χ4n) is 0.763. The van der Waals surface area contributed by atoms with Gasteiger partial charge in [0.2, 0.25) is 0 Å². The highest BCUT2D eigenvalue weighted by Crippen LogP contribution is 1.92. The van der Waals surface area contributed by atoms with Gasteiger partial charge in [0, 0.05) is 13.1 Å². The van der Waals surface area contributed by atoms with E-state index in [1.165, 1.54) is 0 Å². The second-order valence-corrected chi connectivity index (χ2v) is 5.09. The molecule has 1 saturated heterocycles. The van der Waals surface area contributed by atoms with Crippen molar-refractivity contribution in [1.82, 2.24) is 4.90 Å². The summed E-state index contributed by atoms with van der Waals surface area (Å²) in [4.78, 5) is 2.27. The zero-order valence-electron chi connectivity index (χ0n) is 8.44. The molecule has 9 nitrogen and oxygen atoms in total. The third kappa shape index (κ3) is 11.8. The summed E-state index contributed by atoms with van der Waals surface area (Å²) >= 11 is 0. The zero-order chi connectivity index (χ0) is 12.8. The van der Waals surface area contributed by atoms with Crippen molar-refractivity contribution >= 4 is 20.8 Å². The van der Waals surface area contributed by atoms with Crippen molar-refractivity contribution in [3.63, 3.8) is 0 Å². The molecule has 1 aliphatic heterocycles. The van der Waals surface area contributed by atoms with Gasteiger partial charge in [0.15, 0.2) is 0 Å². The summed E-state index contributed by atoms with van der Waals surface area (Å²) in [6, 6.07) is 0. The number of nitrogens with zero attached hydrogens (tertiary/aromatic N) is 1. The third-order valence-corrected chi connectivity index (χ3v) is 2.78. The van der Waals surface area contributed by atoms with Crippen LogP contribution < -0.4 is 0 Å². The van der Waals surface area contributed by atoms with Crippen LogP contribution in [0, 0.1) is 0 Å². The van der Waals surface area contributed by atoms with E-state index in [9.17, 15) is 16.8 Å². The molecule has 0 aromatic carbocycles. The quantitative estimate of drug-likeness (QED) is 0.583. The van der Waals surface area contributed by atoms with E-state index in [4.69, 9.17) is 13.8 Å². The molecule has 0 aromatic rings. The van der Waals surface area contributed by atoms with Crippen molar-refractivity contribution in [1.29, 1.82) is 0 Å². The summed E-state index contributed by atoms with van der Waals surface area (Å²) in [6.45, 7) is 4.02. The number of hydrogen-bond acceptors (Lipinski definition) is 7. The normalized spacial score (nSPS) is 18.7. The summed E-state index contributed by atoms with van der Waals surface area (Å²) in [5, 5.41) is 0. The van der Waals surface area contributed by atoms with Gasteiger partial charge in [0.1, 0.15) is 0 Å². The SMILES string of the molecule is CN1CCOCC1.O=S(=O)(O)OS(=O)(=O)O. The monoisotopic (exact) mass is 279 g/mol. The van der Waals surface area contributed by atoms with Gasteiger partial charge in [-0.05, 0) is 7.05 Å². The third-order valence-electron chi connectivity index (χ3n) is 1.41. The minimum Gasteiger partial charge on any atom is -0.379 e. The van der Waals surface area contributed by atoms with Crippen LogP contribution in [0.15, 0.2) is 0 Å². The predicted molar refractivity (Wildman–Crippen MR) is 52.5 cm³/mol. The van der Waals surface area contributed by atoms with E-state index in [1.807, 2.05) is 0 Å². The summed E-state index contributed by atoms with van der Waals surface area (Å²) in [6.07, 6.45) is 0. The molecule has 11 heteroatoms. The molecular formula is C5H13NO8S2. The lowest BCUT2D eigenvalue weighted by Crippen LogP contribution is -2.32. The molecule has 1 rings (SSSR count). The Labute approximate surface area is 93.9 Å². The lowest BCUT2D eigenvalue weighted by atomic mass is 10.5. The molecule has 0 aliphatic carbocycles. The van der Waals surface area contributed by atoms with Crippen LogP contribution in [-0.2, 0) is 29.2 Å². The van der Waals surface area contributed by atoms with E-state index in [2.05, 4.69) is 15.6 Å². The van der Waals surface area contributed by atoms with Crippen molar-refractivity contribution in [2.75, 3.05) is 33.4 Å². The van der Waals surface area contributed by atoms with Crippen LogP contribution in [-0.4, -0.2) is 64.2 Å². The van der Waals surface area contributed by atoms with Gasteiger partial charge in [-0.1, -0.05) is 0 Å². The number of morpholine rings is 1. The molecule has 0 unspecified atom stereocenters. The number of rotatable bonds is 2. The van der Waals surface area contributed by atoms with Crippen molar-refractivity contribution in [2.45, 2.75) is 0 Å². The average molecular weight is 279 g/mol. The number of ether oxygens (including phenoxy) is 1. The van der Waals surface area contributed by atoms with E-state index in [0.29, 0.717) is 0 Å². The van der Waals surface area contributed by atoms with E-state index >= 15 is 0 Å². The molecule has 0 atom stereocenters. The van der Waals surface area contributed by atoms with Gasteiger partial charge in [-0.15, -0.1) is 3.63 Å². The molecule has 16 heavy (non-hydrogen) atoms.